The summed E-state index contributed by atoms with van der Waals surface area (Å²) in [7, 11) is 0. The molecule has 0 bridgehead atoms. The Morgan fingerprint density at radius 3 is 1.09 bits per heavy atom. The van der Waals surface area contributed by atoms with Gasteiger partial charge in [-0.2, -0.15) is 0 Å². The van der Waals surface area contributed by atoms with Crippen LogP contribution in [0, 0.1) is 0 Å². The van der Waals surface area contributed by atoms with Gasteiger partial charge in [-0.05, 0) is 60.4 Å². The van der Waals surface area contributed by atoms with Crippen molar-refractivity contribution in [2.75, 3.05) is 0 Å². The molecule has 0 aliphatic heterocycles. The van der Waals surface area contributed by atoms with Gasteiger partial charge in [0, 0.05) is 40.1 Å². The highest BCUT2D eigenvalue weighted by Crippen LogP contribution is 2.40. The number of hydrogen-bond donors (Lipinski definition) is 0. The Bertz CT molecular complexity index is 2140. The molecular weight excluding hydrogens is 649 g/mol. The van der Waals surface area contributed by atoms with Gasteiger partial charge in [-0.15, -0.1) is 0 Å². The first-order valence-corrected chi connectivity index (χ1v) is 18.1. The van der Waals surface area contributed by atoms with E-state index >= 15 is 0 Å². The van der Waals surface area contributed by atoms with Crippen molar-refractivity contribution in [3.05, 3.63) is 181 Å². The maximum Gasteiger partial charge on any atom is 0.160 e. The lowest BCUT2D eigenvalue weighted by atomic mass is 9.70. The zero-order valence-corrected chi connectivity index (χ0v) is 29.8. The highest BCUT2D eigenvalue weighted by atomic mass is 14.9. The molecule has 4 aromatic heterocycles. The minimum absolute atomic E-state index is 0.186. The highest BCUT2D eigenvalue weighted by molar-refractivity contribution is 5.72. The smallest absolute Gasteiger partial charge is 0.160 e. The van der Waals surface area contributed by atoms with Crippen molar-refractivity contribution in [1.29, 1.82) is 0 Å². The van der Waals surface area contributed by atoms with Crippen LogP contribution in [0.25, 0.3) is 68.1 Å². The van der Waals surface area contributed by atoms with E-state index in [4.69, 9.17) is 19.9 Å². The monoisotopic (exact) mass is 686 g/mol. The third-order valence-corrected chi connectivity index (χ3v) is 10.0. The third kappa shape index (κ3) is 6.87. The maximum atomic E-state index is 5.02. The highest BCUT2D eigenvalue weighted by Gasteiger charge is 2.31. The molecule has 53 heavy (non-hydrogen) atoms. The molecule has 4 aromatic carbocycles. The lowest BCUT2D eigenvalue weighted by Crippen LogP contribution is -2.26. The van der Waals surface area contributed by atoms with Gasteiger partial charge >= 0.3 is 0 Å². The Morgan fingerprint density at radius 2 is 0.736 bits per heavy atom. The van der Waals surface area contributed by atoms with E-state index in [2.05, 4.69) is 96.6 Å². The first kappa shape index (κ1) is 33.5. The van der Waals surface area contributed by atoms with E-state index in [0.717, 1.165) is 69.3 Å². The second-order valence-electron chi connectivity index (χ2n) is 13.0. The van der Waals surface area contributed by atoms with Crippen molar-refractivity contribution < 1.29 is 0 Å². The minimum Gasteiger partial charge on any atom is -0.255 e. The van der Waals surface area contributed by atoms with Gasteiger partial charge in [0.05, 0.1) is 34.2 Å². The summed E-state index contributed by atoms with van der Waals surface area (Å²) < 4.78 is 0. The molecule has 0 aliphatic rings. The lowest BCUT2D eigenvalue weighted by Gasteiger charge is -2.33. The van der Waals surface area contributed by atoms with Gasteiger partial charge in [0.2, 0.25) is 0 Å². The van der Waals surface area contributed by atoms with Crippen molar-refractivity contribution >= 4 is 0 Å². The lowest BCUT2D eigenvalue weighted by molar-refractivity contribution is 0.478. The van der Waals surface area contributed by atoms with Crippen LogP contribution in [0.15, 0.2) is 170 Å². The maximum absolute atomic E-state index is 5.02. The van der Waals surface area contributed by atoms with E-state index in [-0.39, 0.29) is 5.41 Å². The molecule has 0 spiro atoms. The summed E-state index contributed by atoms with van der Waals surface area (Å²) in [6, 6.07) is 53.8. The first-order chi connectivity index (χ1) is 26.1. The van der Waals surface area contributed by atoms with E-state index in [1.54, 1.807) is 12.4 Å². The van der Waals surface area contributed by atoms with E-state index < -0.39 is 0 Å². The molecule has 0 radical (unpaired) electrons. The fourth-order valence-corrected chi connectivity index (χ4v) is 7.07. The van der Waals surface area contributed by atoms with Crippen molar-refractivity contribution in [3.63, 3.8) is 0 Å². The molecule has 8 rings (SSSR count). The van der Waals surface area contributed by atoms with Crippen LogP contribution in [0.2, 0.25) is 0 Å². The zero-order chi connectivity index (χ0) is 36.0. The zero-order valence-electron chi connectivity index (χ0n) is 29.8. The first-order valence-electron chi connectivity index (χ1n) is 18.1. The summed E-state index contributed by atoms with van der Waals surface area (Å²) in [5.41, 5.74) is 11.2. The fourth-order valence-electron chi connectivity index (χ4n) is 7.07. The molecule has 0 N–H and O–H groups in total. The third-order valence-electron chi connectivity index (χ3n) is 10.0. The second-order valence-corrected chi connectivity index (χ2v) is 13.0. The average Bonchev–Trinajstić information content (AvgIpc) is 3.26. The fraction of sp³-hybridized carbons (Fsp3) is 0.106. The van der Waals surface area contributed by atoms with Crippen molar-refractivity contribution in [3.8, 4) is 68.1 Å². The van der Waals surface area contributed by atoms with E-state index in [9.17, 15) is 0 Å². The SMILES string of the molecule is CCC(CC)(c1ccc(-c2nc(-c3ccccc3)cc(-c3ccccn3)n2)cc1)c1ccc(-c2nc(-c3ccccc3)cc(-c3ccccn3)n2)cc1. The summed E-state index contributed by atoms with van der Waals surface area (Å²) in [6.07, 6.45) is 5.47. The minimum atomic E-state index is -0.186. The normalized spacial score (nSPS) is 11.4. The Balaban J connectivity index is 1.14. The van der Waals surface area contributed by atoms with Crippen LogP contribution < -0.4 is 0 Å². The molecule has 6 heteroatoms. The molecule has 0 unspecified atom stereocenters. The average molecular weight is 687 g/mol. The van der Waals surface area contributed by atoms with E-state index in [0.29, 0.717) is 11.6 Å². The summed E-state index contributed by atoms with van der Waals surface area (Å²) in [4.78, 5) is 29.2. The largest absolute Gasteiger partial charge is 0.255 e. The molecular formula is C47H38N6. The van der Waals surface area contributed by atoms with E-state index in [1.807, 2.05) is 84.9 Å². The van der Waals surface area contributed by atoms with Crippen LogP contribution in [0.1, 0.15) is 37.8 Å². The topological polar surface area (TPSA) is 77.3 Å². The van der Waals surface area contributed by atoms with Gasteiger partial charge in [-0.25, -0.2) is 19.9 Å². The second kappa shape index (κ2) is 14.9. The van der Waals surface area contributed by atoms with Gasteiger partial charge in [0.25, 0.3) is 0 Å². The van der Waals surface area contributed by atoms with Crippen LogP contribution in [0.5, 0.6) is 0 Å². The molecule has 0 amide bonds. The van der Waals surface area contributed by atoms with Gasteiger partial charge in [-0.3, -0.25) is 9.97 Å². The predicted molar refractivity (Wildman–Crippen MR) is 214 cm³/mol. The number of hydrogen-bond acceptors (Lipinski definition) is 6. The summed E-state index contributed by atoms with van der Waals surface area (Å²) in [5, 5.41) is 0. The Kier molecular flexibility index (Phi) is 9.41. The Hall–Kier alpha value is -6.66. The molecule has 4 heterocycles. The Labute approximate surface area is 310 Å². The quantitative estimate of drug-likeness (QED) is 0.142. The molecule has 256 valence electrons. The predicted octanol–water partition coefficient (Wildman–Crippen LogP) is 11.2. The van der Waals surface area contributed by atoms with Crippen LogP contribution in [-0.2, 0) is 5.41 Å². The number of benzene rings is 4. The summed E-state index contributed by atoms with van der Waals surface area (Å²) >= 11 is 0. The molecule has 0 atom stereocenters. The van der Waals surface area contributed by atoms with Gasteiger partial charge in [0.1, 0.15) is 0 Å². The van der Waals surface area contributed by atoms with Gasteiger partial charge in [0.15, 0.2) is 11.6 Å². The molecule has 0 saturated carbocycles. The van der Waals surface area contributed by atoms with Crippen molar-refractivity contribution in [2.45, 2.75) is 32.1 Å². The van der Waals surface area contributed by atoms with E-state index in [1.165, 1.54) is 11.1 Å². The number of aromatic nitrogens is 6. The standard InChI is InChI=1S/C47H38N6/c1-3-47(4-2,37-25-21-35(22-26-37)45-50-41(33-15-7-5-8-16-33)31-43(52-45)39-19-11-13-29-48-39)38-27-23-36(24-28-38)46-51-42(34-17-9-6-10-18-34)32-44(53-46)40-20-12-14-30-49-40/h5-32H,3-4H2,1-2H3. The number of pyridine rings is 2. The Morgan fingerprint density at radius 1 is 0.358 bits per heavy atom. The molecule has 8 aromatic rings. The number of rotatable bonds is 10. The van der Waals surface area contributed by atoms with Gasteiger partial charge < -0.3 is 0 Å². The van der Waals surface area contributed by atoms with Crippen LogP contribution in [-0.4, -0.2) is 29.9 Å². The van der Waals surface area contributed by atoms with Crippen molar-refractivity contribution in [2.24, 2.45) is 0 Å². The molecule has 0 saturated heterocycles. The van der Waals surface area contributed by atoms with Crippen LogP contribution >= 0.6 is 0 Å². The van der Waals surface area contributed by atoms with Crippen molar-refractivity contribution in [1.82, 2.24) is 29.9 Å². The summed E-state index contributed by atoms with van der Waals surface area (Å²) in [5.74, 6) is 1.34. The molecule has 0 aliphatic carbocycles. The molecule has 0 fully saturated rings. The molecule has 6 nitrogen and oxygen atoms in total. The number of nitrogens with zero attached hydrogens (tertiary/aromatic N) is 6. The van der Waals surface area contributed by atoms with Crippen LogP contribution in [0.4, 0.5) is 0 Å². The summed E-state index contributed by atoms with van der Waals surface area (Å²) in [6.45, 7) is 4.53. The van der Waals surface area contributed by atoms with Gasteiger partial charge in [-0.1, -0.05) is 135 Å². The van der Waals surface area contributed by atoms with Crippen LogP contribution in [0.3, 0.4) is 0 Å².